The molecule has 2 aliphatic heterocycles. The zero-order valence-corrected chi connectivity index (χ0v) is 19.6. The predicted octanol–water partition coefficient (Wildman–Crippen LogP) is 2.21. The molecule has 2 fully saturated rings. The number of amidine groups is 1. The molecule has 2 saturated heterocycles. The monoisotopic (exact) mass is 502 g/mol. The number of benzene rings is 1. The average molecular weight is 503 g/mol. The van der Waals surface area contributed by atoms with E-state index in [4.69, 9.17) is 0 Å². The van der Waals surface area contributed by atoms with Crippen LogP contribution in [0.5, 0.6) is 0 Å². The smallest absolute Gasteiger partial charge is 0.273 e. The van der Waals surface area contributed by atoms with Gasteiger partial charge in [0.15, 0.2) is 0 Å². The molecule has 2 aliphatic rings. The number of likely N-dealkylation sites (tertiary alicyclic amines) is 1. The maximum Gasteiger partial charge on any atom is 0.273 e. The van der Waals surface area contributed by atoms with Gasteiger partial charge in [0.1, 0.15) is 0 Å². The highest BCUT2D eigenvalue weighted by molar-refractivity contribution is 8.21. The van der Waals surface area contributed by atoms with Crippen molar-refractivity contribution in [2.45, 2.75) is 44.3 Å². The lowest BCUT2D eigenvalue weighted by Gasteiger charge is -2.26. The van der Waals surface area contributed by atoms with Crippen molar-refractivity contribution in [1.82, 2.24) is 4.90 Å². The maximum absolute atomic E-state index is 2.65. The first kappa shape index (κ1) is 22.2. The molecule has 0 unspecified atom stereocenters. The van der Waals surface area contributed by atoms with Gasteiger partial charge < -0.3 is 24.0 Å². The van der Waals surface area contributed by atoms with Crippen LogP contribution in [0, 0.1) is 0 Å². The molecule has 144 valence electrons. The molecule has 5 heteroatoms. The van der Waals surface area contributed by atoms with Gasteiger partial charge in [-0.15, -0.1) is 23.5 Å². The molecule has 0 spiro atoms. The third kappa shape index (κ3) is 6.79. The van der Waals surface area contributed by atoms with Crippen LogP contribution in [-0.4, -0.2) is 47.7 Å². The fourth-order valence-corrected chi connectivity index (χ4v) is 5.18. The van der Waals surface area contributed by atoms with E-state index in [1.807, 2.05) is 23.5 Å². The average Bonchev–Trinajstić information content (AvgIpc) is 2.70. The second kappa shape index (κ2) is 12.3. The Morgan fingerprint density at radius 1 is 1.00 bits per heavy atom. The Labute approximate surface area is 184 Å². The minimum absolute atomic E-state index is 0. The summed E-state index contributed by atoms with van der Waals surface area (Å²) in [6, 6.07) is 10.8. The van der Waals surface area contributed by atoms with Crippen LogP contribution in [0.4, 0.5) is 0 Å². The summed E-state index contributed by atoms with van der Waals surface area (Å²) in [6.07, 6.45) is 12.9. The molecule has 3 rings (SSSR count). The first-order valence-electron chi connectivity index (χ1n) is 9.66. The summed E-state index contributed by atoms with van der Waals surface area (Å²) in [7, 11) is 0. The van der Waals surface area contributed by atoms with Gasteiger partial charge in [-0.2, -0.15) is 0 Å². The molecule has 0 atom stereocenters. The zero-order chi connectivity index (χ0) is 17.3. The van der Waals surface area contributed by atoms with Gasteiger partial charge in [-0.3, -0.25) is 9.48 Å². The van der Waals surface area contributed by atoms with Crippen molar-refractivity contribution in [3.63, 3.8) is 0 Å². The van der Waals surface area contributed by atoms with E-state index in [1.165, 1.54) is 80.3 Å². The van der Waals surface area contributed by atoms with Crippen molar-refractivity contribution in [3.05, 3.63) is 46.2 Å². The highest BCUT2D eigenvalue weighted by Crippen LogP contribution is 2.30. The lowest BCUT2D eigenvalue weighted by atomic mass is 10.1. The van der Waals surface area contributed by atoms with Crippen molar-refractivity contribution in [2.24, 2.45) is 0 Å². The highest BCUT2D eigenvalue weighted by Gasteiger charge is 2.25. The van der Waals surface area contributed by atoms with Gasteiger partial charge in [0.25, 0.3) is 5.84 Å². The van der Waals surface area contributed by atoms with Gasteiger partial charge in [-0.25, -0.2) is 0 Å². The summed E-state index contributed by atoms with van der Waals surface area (Å²) in [4.78, 5) is 2.65. The molecule has 1 aromatic rings. The number of nitrogens with zero attached hydrogens (tertiary/aromatic N) is 2. The van der Waals surface area contributed by atoms with Crippen LogP contribution in [0.1, 0.15) is 44.1 Å². The fourth-order valence-electron chi connectivity index (χ4n) is 3.62. The second-order valence-corrected chi connectivity index (χ2v) is 9.02. The Bertz CT molecular complexity index is 587. The Morgan fingerprint density at radius 2 is 1.65 bits per heavy atom. The number of thioether (sulfide) groups is 2. The predicted molar refractivity (Wildman–Crippen MR) is 114 cm³/mol. The van der Waals surface area contributed by atoms with Gasteiger partial charge in [-0.05, 0) is 50.3 Å². The summed E-state index contributed by atoms with van der Waals surface area (Å²) in [5.41, 5.74) is 1.41. The first-order valence-corrected chi connectivity index (χ1v) is 11.9. The normalized spacial score (nSPS) is 18.4. The third-order valence-electron chi connectivity index (χ3n) is 5.03. The van der Waals surface area contributed by atoms with Crippen LogP contribution < -0.4 is 24.0 Å². The zero-order valence-electron chi connectivity index (χ0n) is 15.8. The van der Waals surface area contributed by atoms with Crippen LogP contribution >= 0.6 is 23.5 Å². The molecule has 0 radical (unpaired) electrons. The summed E-state index contributed by atoms with van der Waals surface area (Å²) < 4.78 is 4.09. The highest BCUT2D eigenvalue weighted by atomic mass is 127. The Kier molecular flexibility index (Phi) is 10.5. The Hall–Kier alpha value is -0.140. The van der Waals surface area contributed by atoms with Gasteiger partial charge >= 0.3 is 0 Å². The molecule has 0 bridgehead atoms. The van der Waals surface area contributed by atoms with Crippen molar-refractivity contribution < 1.29 is 28.6 Å². The molecule has 0 N–H and O–H groups in total. The van der Waals surface area contributed by atoms with Gasteiger partial charge in [-0.1, -0.05) is 30.3 Å². The number of piperidine rings is 2. The van der Waals surface area contributed by atoms with Crippen LogP contribution in [0.25, 0.3) is 0 Å². The molecular formula is C21H31IN2S2. The van der Waals surface area contributed by atoms with Crippen LogP contribution in [-0.2, 0) is 5.75 Å². The van der Waals surface area contributed by atoms with Crippen molar-refractivity contribution >= 4 is 29.4 Å². The summed E-state index contributed by atoms with van der Waals surface area (Å²) >= 11 is 3.88. The minimum atomic E-state index is 0. The second-order valence-electron chi connectivity index (χ2n) is 6.90. The van der Waals surface area contributed by atoms with Gasteiger partial charge in [0, 0.05) is 16.1 Å². The molecule has 2 nitrogen and oxygen atoms in total. The van der Waals surface area contributed by atoms with E-state index in [0.717, 1.165) is 5.75 Å². The Morgan fingerprint density at radius 3 is 2.31 bits per heavy atom. The largest absolute Gasteiger partial charge is 1.00 e. The molecule has 0 saturated carbocycles. The third-order valence-corrected chi connectivity index (χ3v) is 7.29. The van der Waals surface area contributed by atoms with E-state index in [2.05, 4.69) is 52.1 Å². The van der Waals surface area contributed by atoms with E-state index in [1.54, 1.807) is 0 Å². The van der Waals surface area contributed by atoms with Gasteiger partial charge in [0.2, 0.25) is 0 Å². The van der Waals surface area contributed by atoms with E-state index >= 15 is 0 Å². The van der Waals surface area contributed by atoms with Crippen molar-refractivity contribution in [2.75, 3.05) is 32.4 Å². The van der Waals surface area contributed by atoms with Crippen LogP contribution in [0.2, 0.25) is 0 Å². The Balaban J connectivity index is 0.00000243. The van der Waals surface area contributed by atoms with E-state index in [9.17, 15) is 0 Å². The topological polar surface area (TPSA) is 6.25 Å². The van der Waals surface area contributed by atoms with E-state index in [0.29, 0.717) is 0 Å². The van der Waals surface area contributed by atoms with Crippen LogP contribution in [0.15, 0.2) is 40.6 Å². The number of halogens is 1. The molecule has 0 aromatic heterocycles. The molecule has 0 amide bonds. The first-order chi connectivity index (χ1) is 12.4. The summed E-state index contributed by atoms with van der Waals surface area (Å²) in [5.74, 6) is 2.55. The number of rotatable bonds is 5. The molecule has 0 aliphatic carbocycles. The number of hydrogen-bond acceptors (Lipinski definition) is 2. The lowest BCUT2D eigenvalue weighted by Crippen LogP contribution is -3.00. The molecule has 2 heterocycles. The van der Waals surface area contributed by atoms with Crippen LogP contribution in [0.3, 0.4) is 0 Å². The summed E-state index contributed by atoms with van der Waals surface area (Å²) in [5, 5.41) is 0. The quantitative estimate of drug-likeness (QED) is 0.347. The minimum Gasteiger partial charge on any atom is -1.00 e. The number of hydrogen-bond donors (Lipinski definition) is 0. The van der Waals surface area contributed by atoms with Crippen molar-refractivity contribution in [1.29, 1.82) is 0 Å². The van der Waals surface area contributed by atoms with E-state index in [-0.39, 0.29) is 24.0 Å². The summed E-state index contributed by atoms with van der Waals surface area (Å²) in [6.45, 7) is 4.92. The molecular weight excluding hydrogens is 471 g/mol. The van der Waals surface area contributed by atoms with Crippen molar-refractivity contribution in [3.8, 4) is 0 Å². The standard InChI is InChI=1S/C21H31N2S2.HI/c1-24-21(25-18-19-11-5-2-6-12-19)17-20(22-13-7-3-8-14-22)23-15-9-4-10-16-23;/h2,5-6,11-12,17H,3-4,7-10,13-16,18H2,1H3;1H/q+1;/p-1/b21-17+;. The van der Waals surface area contributed by atoms with E-state index < -0.39 is 0 Å². The maximum atomic E-state index is 2.65. The molecule has 1 aromatic carbocycles. The fraction of sp³-hybridized carbons (Fsp3) is 0.571. The lowest BCUT2D eigenvalue weighted by molar-refractivity contribution is -0.541. The molecule has 26 heavy (non-hydrogen) atoms. The van der Waals surface area contributed by atoms with Gasteiger partial charge in [0.05, 0.1) is 26.2 Å². The SMILES string of the molecule is CS/C(=C\C(N1CCCCC1)=[N+]1CCCCC1)SCc1ccccc1.[I-].